The molecule has 1 aromatic carbocycles. The van der Waals surface area contributed by atoms with Gasteiger partial charge in [-0.3, -0.25) is 0 Å². The number of benzene rings is 1. The van der Waals surface area contributed by atoms with E-state index < -0.39 is 0 Å². The van der Waals surface area contributed by atoms with Gasteiger partial charge < -0.3 is 5.11 Å². The van der Waals surface area contributed by atoms with E-state index in [2.05, 4.69) is 20.5 Å². The molecule has 0 saturated carbocycles. The summed E-state index contributed by atoms with van der Waals surface area (Å²) in [6.45, 7) is 5.47. The Kier molecular flexibility index (Phi) is 4.65. The van der Waals surface area contributed by atoms with Gasteiger partial charge in [-0.15, -0.1) is 0 Å². The lowest BCUT2D eigenvalue weighted by Gasteiger charge is -2.07. The van der Waals surface area contributed by atoms with Crippen LogP contribution < -0.4 is 5.43 Å². The van der Waals surface area contributed by atoms with Crippen molar-refractivity contribution in [1.29, 1.82) is 0 Å². The standard InChI is InChI=1S/C14H14Cl2N4O/c1-7-4-8(2)18-14(17-7)20-19-9(3)11-5-10(15)6-12(16)13(11)21/h4-6,21H,1-3H3,(H,17,18,20)/b19-9+. The number of anilines is 1. The van der Waals surface area contributed by atoms with Crippen LogP contribution in [0.2, 0.25) is 10.0 Å². The first kappa shape index (κ1) is 15.5. The molecule has 0 aliphatic carbocycles. The number of halogens is 2. The fraction of sp³-hybridized carbons (Fsp3) is 0.214. The zero-order valence-electron chi connectivity index (χ0n) is 11.8. The number of phenolic OH excluding ortho intramolecular Hbond substituents is 1. The van der Waals surface area contributed by atoms with Crippen molar-refractivity contribution in [3.8, 4) is 5.75 Å². The number of hydrazone groups is 1. The van der Waals surface area contributed by atoms with E-state index in [0.29, 0.717) is 22.2 Å². The number of nitrogens with zero attached hydrogens (tertiary/aromatic N) is 3. The van der Waals surface area contributed by atoms with Crippen molar-refractivity contribution in [3.05, 3.63) is 45.2 Å². The third kappa shape index (κ3) is 3.83. The molecule has 0 aliphatic rings. The smallest absolute Gasteiger partial charge is 0.243 e. The lowest BCUT2D eigenvalue weighted by atomic mass is 10.1. The third-order valence-corrected chi connectivity index (χ3v) is 3.23. The van der Waals surface area contributed by atoms with E-state index in [-0.39, 0.29) is 10.8 Å². The van der Waals surface area contributed by atoms with Crippen molar-refractivity contribution in [3.63, 3.8) is 0 Å². The highest BCUT2D eigenvalue weighted by atomic mass is 35.5. The van der Waals surface area contributed by atoms with Crippen LogP contribution in [0.25, 0.3) is 0 Å². The van der Waals surface area contributed by atoms with Gasteiger partial charge in [0.2, 0.25) is 5.95 Å². The Hall–Kier alpha value is -1.85. The molecule has 1 aromatic heterocycles. The summed E-state index contributed by atoms with van der Waals surface area (Å²) in [5.41, 5.74) is 5.40. The van der Waals surface area contributed by atoms with Crippen molar-refractivity contribution in [2.24, 2.45) is 5.10 Å². The van der Waals surface area contributed by atoms with Gasteiger partial charge in [-0.25, -0.2) is 15.4 Å². The Balaban J connectivity index is 2.29. The summed E-state index contributed by atoms with van der Waals surface area (Å²) in [6.07, 6.45) is 0. The van der Waals surface area contributed by atoms with Gasteiger partial charge in [0.25, 0.3) is 0 Å². The summed E-state index contributed by atoms with van der Waals surface area (Å²) in [7, 11) is 0. The van der Waals surface area contributed by atoms with Gasteiger partial charge in [0.15, 0.2) is 0 Å². The number of phenols is 1. The highest BCUT2D eigenvalue weighted by Gasteiger charge is 2.10. The Bertz CT molecular complexity index is 696. The molecule has 0 amide bonds. The molecule has 0 unspecified atom stereocenters. The Morgan fingerprint density at radius 3 is 2.38 bits per heavy atom. The second kappa shape index (κ2) is 6.28. The lowest BCUT2D eigenvalue weighted by Crippen LogP contribution is -2.04. The number of rotatable bonds is 3. The van der Waals surface area contributed by atoms with E-state index in [9.17, 15) is 5.11 Å². The monoisotopic (exact) mass is 324 g/mol. The van der Waals surface area contributed by atoms with Crippen LogP contribution in [-0.4, -0.2) is 20.8 Å². The molecule has 2 aromatic rings. The quantitative estimate of drug-likeness (QED) is 0.662. The molecule has 5 nitrogen and oxygen atoms in total. The van der Waals surface area contributed by atoms with Crippen LogP contribution in [-0.2, 0) is 0 Å². The van der Waals surface area contributed by atoms with Crippen LogP contribution >= 0.6 is 23.2 Å². The fourth-order valence-corrected chi connectivity index (χ4v) is 2.31. The van der Waals surface area contributed by atoms with Crippen LogP contribution in [0.15, 0.2) is 23.3 Å². The molecule has 2 rings (SSSR count). The number of hydrogen-bond acceptors (Lipinski definition) is 5. The van der Waals surface area contributed by atoms with E-state index in [1.54, 1.807) is 13.0 Å². The first-order valence-electron chi connectivity index (χ1n) is 6.18. The maximum absolute atomic E-state index is 9.95. The topological polar surface area (TPSA) is 70.4 Å². The molecule has 1 heterocycles. The number of hydrogen-bond donors (Lipinski definition) is 2. The molecule has 0 radical (unpaired) electrons. The Labute approximate surface area is 132 Å². The number of nitrogens with one attached hydrogen (secondary N) is 1. The molecular weight excluding hydrogens is 311 g/mol. The van der Waals surface area contributed by atoms with Gasteiger partial charge >= 0.3 is 0 Å². The third-order valence-electron chi connectivity index (χ3n) is 2.72. The van der Waals surface area contributed by atoms with Gasteiger partial charge in [0, 0.05) is 22.0 Å². The Morgan fingerprint density at radius 2 is 1.76 bits per heavy atom. The molecule has 0 atom stereocenters. The average molecular weight is 325 g/mol. The predicted molar refractivity (Wildman–Crippen MR) is 85.5 cm³/mol. The largest absolute Gasteiger partial charge is 0.506 e. The van der Waals surface area contributed by atoms with Crippen LogP contribution in [0.3, 0.4) is 0 Å². The first-order valence-corrected chi connectivity index (χ1v) is 6.93. The summed E-state index contributed by atoms with van der Waals surface area (Å²) in [5, 5.41) is 14.7. The minimum atomic E-state index is -0.0644. The highest BCUT2D eigenvalue weighted by Crippen LogP contribution is 2.31. The zero-order chi connectivity index (χ0) is 15.6. The average Bonchev–Trinajstić information content (AvgIpc) is 2.39. The summed E-state index contributed by atoms with van der Waals surface area (Å²) >= 11 is 11.8. The molecule has 2 N–H and O–H groups in total. The van der Waals surface area contributed by atoms with E-state index in [1.807, 2.05) is 19.9 Å². The molecule has 0 aliphatic heterocycles. The van der Waals surface area contributed by atoms with E-state index in [4.69, 9.17) is 23.2 Å². The minimum absolute atomic E-state index is 0.0644. The predicted octanol–water partition coefficient (Wildman–Crippen LogP) is 3.94. The summed E-state index contributed by atoms with van der Waals surface area (Å²) in [5.74, 6) is 0.324. The fourth-order valence-electron chi connectivity index (χ4n) is 1.81. The van der Waals surface area contributed by atoms with Crippen molar-refractivity contribution in [2.75, 3.05) is 5.43 Å². The molecule has 0 fully saturated rings. The zero-order valence-corrected chi connectivity index (χ0v) is 13.3. The number of aromatic nitrogens is 2. The second-order valence-corrected chi connectivity index (χ2v) is 5.41. The number of aromatic hydroxyl groups is 1. The van der Waals surface area contributed by atoms with Crippen molar-refractivity contribution >= 4 is 34.9 Å². The lowest BCUT2D eigenvalue weighted by molar-refractivity contribution is 0.474. The van der Waals surface area contributed by atoms with Crippen LogP contribution in [0, 0.1) is 13.8 Å². The Morgan fingerprint density at radius 1 is 1.14 bits per heavy atom. The number of aryl methyl sites for hydroxylation is 2. The van der Waals surface area contributed by atoms with Crippen LogP contribution in [0.5, 0.6) is 5.75 Å². The van der Waals surface area contributed by atoms with E-state index in [1.165, 1.54) is 6.07 Å². The molecule has 0 bridgehead atoms. The molecule has 21 heavy (non-hydrogen) atoms. The SMILES string of the molecule is C/C(=N\Nc1nc(C)cc(C)n1)c1cc(Cl)cc(Cl)c1O. The van der Waals surface area contributed by atoms with Crippen molar-refractivity contribution in [2.45, 2.75) is 20.8 Å². The maximum Gasteiger partial charge on any atom is 0.243 e. The van der Waals surface area contributed by atoms with Crippen molar-refractivity contribution in [1.82, 2.24) is 9.97 Å². The van der Waals surface area contributed by atoms with E-state index >= 15 is 0 Å². The second-order valence-electron chi connectivity index (χ2n) is 4.57. The minimum Gasteiger partial charge on any atom is -0.506 e. The van der Waals surface area contributed by atoms with Gasteiger partial charge in [-0.05, 0) is 39.0 Å². The van der Waals surface area contributed by atoms with Gasteiger partial charge in [0.1, 0.15) is 5.75 Å². The van der Waals surface area contributed by atoms with Gasteiger partial charge in [0.05, 0.1) is 10.7 Å². The van der Waals surface area contributed by atoms with E-state index in [0.717, 1.165) is 11.4 Å². The van der Waals surface area contributed by atoms with Crippen molar-refractivity contribution < 1.29 is 5.11 Å². The molecule has 110 valence electrons. The summed E-state index contributed by atoms with van der Waals surface area (Å²) < 4.78 is 0. The van der Waals surface area contributed by atoms with Crippen LogP contribution in [0.4, 0.5) is 5.95 Å². The molecule has 0 spiro atoms. The highest BCUT2D eigenvalue weighted by molar-refractivity contribution is 6.36. The van der Waals surface area contributed by atoms with Crippen LogP contribution in [0.1, 0.15) is 23.9 Å². The summed E-state index contributed by atoms with van der Waals surface area (Å²) in [4.78, 5) is 8.43. The summed E-state index contributed by atoms with van der Waals surface area (Å²) in [6, 6.07) is 4.92. The molecule has 0 saturated heterocycles. The van der Waals surface area contributed by atoms with Gasteiger partial charge in [-0.2, -0.15) is 5.10 Å². The van der Waals surface area contributed by atoms with Gasteiger partial charge in [-0.1, -0.05) is 23.2 Å². The molecule has 7 heteroatoms. The normalized spacial score (nSPS) is 11.6. The first-order chi connectivity index (χ1) is 9.86. The maximum atomic E-state index is 9.95. The molecular formula is C14H14Cl2N4O.